The monoisotopic (exact) mass is 309 g/mol. The van der Waals surface area contributed by atoms with Crippen molar-refractivity contribution in [3.05, 3.63) is 48.5 Å². The van der Waals surface area contributed by atoms with Crippen molar-refractivity contribution < 1.29 is 9.90 Å². The summed E-state index contributed by atoms with van der Waals surface area (Å²) in [5.41, 5.74) is 10.6. The molecule has 0 saturated carbocycles. The van der Waals surface area contributed by atoms with E-state index in [9.17, 15) is 9.90 Å². The molecule has 0 radical (unpaired) electrons. The van der Waals surface area contributed by atoms with Crippen molar-refractivity contribution in [3.63, 3.8) is 0 Å². The first-order chi connectivity index (χ1) is 11.1. The van der Waals surface area contributed by atoms with Crippen LogP contribution in [0.4, 0.5) is 17.1 Å². The molecule has 4 N–H and O–H groups in total. The SMILES string of the molecule is CC1=NN(c2ccccc2)C(=O)C1=NNc1ccc(O)c(N)c1. The van der Waals surface area contributed by atoms with E-state index in [0.717, 1.165) is 0 Å². The number of nitrogen functional groups attached to an aromatic ring is 1. The van der Waals surface area contributed by atoms with Crippen LogP contribution in [0.2, 0.25) is 0 Å². The van der Waals surface area contributed by atoms with Crippen molar-refractivity contribution in [2.24, 2.45) is 10.2 Å². The van der Waals surface area contributed by atoms with E-state index in [-0.39, 0.29) is 23.1 Å². The average Bonchev–Trinajstić information content (AvgIpc) is 2.84. The normalized spacial score (nSPS) is 15.9. The predicted octanol–water partition coefficient (Wildman–Crippen LogP) is 2.17. The van der Waals surface area contributed by atoms with E-state index in [0.29, 0.717) is 17.1 Å². The molecular formula is C16H15N5O2. The summed E-state index contributed by atoms with van der Waals surface area (Å²) in [7, 11) is 0. The Hall–Kier alpha value is -3.35. The van der Waals surface area contributed by atoms with Crippen molar-refractivity contribution in [3.8, 4) is 5.75 Å². The van der Waals surface area contributed by atoms with Gasteiger partial charge in [0.05, 0.1) is 22.8 Å². The Balaban J connectivity index is 1.82. The molecule has 1 aliphatic rings. The first kappa shape index (κ1) is 14.6. The second-order valence-corrected chi connectivity index (χ2v) is 4.98. The molecule has 2 aromatic rings. The Kier molecular flexibility index (Phi) is 3.68. The van der Waals surface area contributed by atoms with Crippen LogP contribution in [0.5, 0.6) is 5.75 Å². The Bertz CT molecular complexity index is 814. The molecule has 116 valence electrons. The zero-order valence-electron chi connectivity index (χ0n) is 12.4. The number of aromatic hydroxyl groups is 1. The van der Waals surface area contributed by atoms with Crippen LogP contribution in [0.15, 0.2) is 58.7 Å². The minimum Gasteiger partial charge on any atom is -0.506 e. The van der Waals surface area contributed by atoms with Crippen LogP contribution >= 0.6 is 0 Å². The first-order valence-corrected chi connectivity index (χ1v) is 6.93. The van der Waals surface area contributed by atoms with Crippen LogP contribution in [-0.4, -0.2) is 22.4 Å². The van der Waals surface area contributed by atoms with E-state index in [4.69, 9.17) is 5.73 Å². The third-order valence-corrected chi connectivity index (χ3v) is 3.31. The fraction of sp³-hybridized carbons (Fsp3) is 0.0625. The van der Waals surface area contributed by atoms with Crippen LogP contribution in [0, 0.1) is 0 Å². The lowest BCUT2D eigenvalue weighted by Crippen LogP contribution is -2.27. The summed E-state index contributed by atoms with van der Waals surface area (Å²) in [5.74, 6) is -0.318. The number of hydrazone groups is 2. The third kappa shape index (κ3) is 2.84. The Labute approximate surface area is 132 Å². The van der Waals surface area contributed by atoms with Crippen molar-refractivity contribution in [2.45, 2.75) is 6.92 Å². The van der Waals surface area contributed by atoms with Gasteiger partial charge in [-0.1, -0.05) is 18.2 Å². The molecule has 0 aliphatic carbocycles. The van der Waals surface area contributed by atoms with E-state index < -0.39 is 0 Å². The fourth-order valence-electron chi connectivity index (χ4n) is 2.12. The molecule has 1 heterocycles. The molecule has 0 bridgehead atoms. The number of phenolic OH excluding ortho intramolecular Hbond substituents is 1. The van der Waals surface area contributed by atoms with Crippen LogP contribution < -0.4 is 16.2 Å². The lowest BCUT2D eigenvalue weighted by atomic mass is 10.2. The van der Waals surface area contributed by atoms with Gasteiger partial charge in [-0.15, -0.1) is 0 Å². The smallest absolute Gasteiger partial charge is 0.301 e. The van der Waals surface area contributed by atoms with Gasteiger partial charge < -0.3 is 10.8 Å². The van der Waals surface area contributed by atoms with Gasteiger partial charge in [-0.2, -0.15) is 15.2 Å². The molecule has 1 amide bonds. The Morgan fingerprint density at radius 3 is 2.65 bits per heavy atom. The summed E-state index contributed by atoms with van der Waals surface area (Å²) < 4.78 is 0. The number of carbonyl (C=O) groups is 1. The van der Waals surface area contributed by atoms with E-state index in [2.05, 4.69) is 15.6 Å². The van der Waals surface area contributed by atoms with Crippen LogP contribution in [-0.2, 0) is 4.79 Å². The minimum absolute atomic E-state index is 0.00635. The van der Waals surface area contributed by atoms with Crippen molar-refractivity contribution in [1.82, 2.24) is 0 Å². The number of hydrogen-bond donors (Lipinski definition) is 3. The highest BCUT2D eigenvalue weighted by atomic mass is 16.3. The van der Waals surface area contributed by atoms with Crippen molar-refractivity contribution >= 4 is 34.4 Å². The van der Waals surface area contributed by atoms with Gasteiger partial charge in [-0.25, -0.2) is 0 Å². The number of para-hydroxylation sites is 1. The summed E-state index contributed by atoms with van der Waals surface area (Å²) in [6, 6.07) is 13.7. The molecule has 3 rings (SSSR count). The lowest BCUT2D eigenvalue weighted by molar-refractivity contribution is -0.112. The predicted molar refractivity (Wildman–Crippen MR) is 90.6 cm³/mol. The molecule has 0 fully saturated rings. The molecule has 7 heteroatoms. The fourth-order valence-corrected chi connectivity index (χ4v) is 2.12. The van der Waals surface area contributed by atoms with Crippen LogP contribution in [0.1, 0.15) is 6.92 Å². The number of anilines is 3. The summed E-state index contributed by atoms with van der Waals surface area (Å²) in [6.45, 7) is 1.71. The molecule has 7 nitrogen and oxygen atoms in total. The highest BCUT2D eigenvalue weighted by Crippen LogP contribution is 2.24. The minimum atomic E-state index is -0.312. The van der Waals surface area contributed by atoms with E-state index in [1.165, 1.54) is 17.1 Å². The van der Waals surface area contributed by atoms with E-state index in [1.54, 1.807) is 25.1 Å². The molecule has 0 atom stereocenters. The van der Waals surface area contributed by atoms with Crippen LogP contribution in [0.25, 0.3) is 0 Å². The second kappa shape index (κ2) is 5.80. The maximum absolute atomic E-state index is 12.4. The molecular weight excluding hydrogens is 294 g/mol. The molecule has 1 aliphatic heterocycles. The summed E-state index contributed by atoms with van der Waals surface area (Å²) >= 11 is 0. The van der Waals surface area contributed by atoms with Crippen molar-refractivity contribution in [2.75, 3.05) is 16.2 Å². The number of amides is 1. The maximum Gasteiger partial charge on any atom is 0.301 e. The zero-order valence-corrected chi connectivity index (χ0v) is 12.4. The van der Waals surface area contributed by atoms with Gasteiger partial charge in [-0.3, -0.25) is 10.2 Å². The van der Waals surface area contributed by atoms with Crippen LogP contribution in [0.3, 0.4) is 0 Å². The number of nitrogens with zero attached hydrogens (tertiary/aromatic N) is 3. The largest absolute Gasteiger partial charge is 0.506 e. The topological polar surface area (TPSA) is 103 Å². The molecule has 0 saturated heterocycles. The number of carbonyl (C=O) groups excluding carboxylic acids is 1. The summed E-state index contributed by atoms with van der Waals surface area (Å²) in [4.78, 5) is 12.4. The maximum atomic E-state index is 12.4. The number of nitrogens with one attached hydrogen (secondary N) is 1. The quantitative estimate of drug-likeness (QED) is 0.350. The zero-order chi connectivity index (χ0) is 16.4. The summed E-state index contributed by atoms with van der Waals surface area (Å²) in [6.07, 6.45) is 0. The Morgan fingerprint density at radius 1 is 1.22 bits per heavy atom. The molecule has 2 aromatic carbocycles. The highest BCUT2D eigenvalue weighted by molar-refractivity contribution is 6.71. The number of rotatable bonds is 3. The molecule has 0 spiro atoms. The van der Waals surface area contributed by atoms with Gasteiger partial charge in [0.25, 0.3) is 0 Å². The number of nitrogens with two attached hydrogens (primary N) is 1. The number of hydrogen-bond acceptors (Lipinski definition) is 6. The number of benzene rings is 2. The Morgan fingerprint density at radius 2 is 1.96 bits per heavy atom. The summed E-state index contributed by atoms with van der Waals surface area (Å²) in [5, 5.41) is 19.0. The van der Waals surface area contributed by atoms with Gasteiger partial charge in [0.15, 0.2) is 5.71 Å². The standard InChI is InChI=1S/C16H15N5O2/c1-10-15(19-18-11-7-8-14(22)13(17)9-11)16(23)21(20-10)12-5-3-2-4-6-12/h2-9,18,22H,17H2,1H3. The molecule has 0 aromatic heterocycles. The molecule has 23 heavy (non-hydrogen) atoms. The van der Waals surface area contributed by atoms with Gasteiger partial charge >= 0.3 is 5.91 Å². The van der Waals surface area contributed by atoms with Crippen molar-refractivity contribution in [1.29, 1.82) is 0 Å². The third-order valence-electron chi connectivity index (χ3n) is 3.31. The highest BCUT2D eigenvalue weighted by Gasteiger charge is 2.30. The molecule has 0 unspecified atom stereocenters. The first-order valence-electron chi connectivity index (χ1n) is 6.93. The lowest BCUT2D eigenvalue weighted by Gasteiger charge is -2.10. The van der Waals surface area contributed by atoms with Gasteiger partial charge in [0, 0.05) is 0 Å². The van der Waals surface area contributed by atoms with Gasteiger partial charge in [0.2, 0.25) is 0 Å². The van der Waals surface area contributed by atoms with E-state index >= 15 is 0 Å². The average molecular weight is 309 g/mol. The van der Waals surface area contributed by atoms with Gasteiger partial charge in [0.1, 0.15) is 5.75 Å². The van der Waals surface area contributed by atoms with Gasteiger partial charge in [-0.05, 0) is 37.3 Å². The number of phenols is 1. The second-order valence-electron chi connectivity index (χ2n) is 4.98. The van der Waals surface area contributed by atoms with E-state index in [1.807, 2.05) is 18.2 Å².